The van der Waals surface area contributed by atoms with Crippen molar-refractivity contribution in [2.45, 2.75) is 24.7 Å². The molecule has 2 rings (SSSR count). The fraction of sp³-hybridized carbons (Fsp3) is 0.538. The first-order valence-electron chi connectivity index (χ1n) is 6.17. The molecule has 1 heterocycles. The Balaban J connectivity index is 2.15. The second-order valence-corrected chi connectivity index (χ2v) is 7.54. The molecule has 1 fully saturated rings. The van der Waals surface area contributed by atoms with Crippen LogP contribution in [0.3, 0.4) is 0 Å². The molecule has 3 nitrogen and oxygen atoms in total. The van der Waals surface area contributed by atoms with E-state index in [0.717, 1.165) is 23.7 Å². The largest absolute Gasteiger partial charge is 0.243 e. The minimum atomic E-state index is -3.29. The second-order valence-electron chi connectivity index (χ2n) is 4.81. The minimum absolute atomic E-state index is 0.410. The Bertz CT molecular complexity index is 498. The maximum absolute atomic E-state index is 12.4. The number of hydrogen-bond acceptors (Lipinski definition) is 2. The molecular formula is C13H18BrNO2S. The molecule has 0 bridgehead atoms. The molecule has 100 valence electrons. The lowest BCUT2D eigenvalue weighted by Crippen LogP contribution is -2.28. The number of benzene rings is 1. The third kappa shape index (κ3) is 2.95. The van der Waals surface area contributed by atoms with Crippen LogP contribution in [-0.2, 0) is 10.0 Å². The summed E-state index contributed by atoms with van der Waals surface area (Å²) in [6, 6.07) is 7.09. The van der Waals surface area contributed by atoms with Crippen molar-refractivity contribution >= 4 is 26.0 Å². The molecule has 0 radical (unpaired) electrons. The number of sulfonamides is 1. The summed E-state index contributed by atoms with van der Waals surface area (Å²) in [7, 11) is -3.29. The van der Waals surface area contributed by atoms with Crippen molar-refractivity contribution in [2.75, 3.05) is 18.4 Å². The van der Waals surface area contributed by atoms with Gasteiger partial charge in [0, 0.05) is 18.4 Å². The Kier molecular flexibility index (Phi) is 4.45. The number of halogens is 1. The van der Waals surface area contributed by atoms with Gasteiger partial charge in [0.25, 0.3) is 0 Å². The normalized spacial score (nSPS) is 21.3. The fourth-order valence-corrected chi connectivity index (χ4v) is 4.44. The van der Waals surface area contributed by atoms with E-state index in [2.05, 4.69) is 15.9 Å². The van der Waals surface area contributed by atoms with Gasteiger partial charge in [-0.05, 0) is 37.8 Å². The Morgan fingerprint density at radius 1 is 1.33 bits per heavy atom. The first-order chi connectivity index (χ1) is 8.54. The molecule has 1 aromatic carbocycles. The minimum Gasteiger partial charge on any atom is -0.207 e. The fourth-order valence-electron chi connectivity index (χ4n) is 2.26. The quantitative estimate of drug-likeness (QED) is 0.795. The number of nitrogens with zero attached hydrogens (tertiary/aromatic N) is 1. The molecule has 5 heteroatoms. The summed E-state index contributed by atoms with van der Waals surface area (Å²) in [4.78, 5) is 0.410. The van der Waals surface area contributed by atoms with Gasteiger partial charge in [0.2, 0.25) is 10.0 Å². The average Bonchev–Trinajstić information content (AvgIpc) is 2.79. The van der Waals surface area contributed by atoms with E-state index >= 15 is 0 Å². The zero-order chi connectivity index (χ0) is 13.2. The van der Waals surface area contributed by atoms with E-state index in [-0.39, 0.29) is 0 Å². The van der Waals surface area contributed by atoms with E-state index < -0.39 is 10.0 Å². The van der Waals surface area contributed by atoms with Crippen molar-refractivity contribution in [1.82, 2.24) is 4.31 Å². The molecule has 0 amide bonds. The molecule has 1 atom stereocenters. The second kappa shape index (κ2) is 5.72. The van der Waals surface area contributed by atoms with Crippen molar-refractivity contribution in [3.05, 3.63) is 29.8 Å². The van der Waals surface area contributed by atoms with Crippen molar-refractivity contribution < 1.29 is 8.42 Å². The number of alkyl halides is 1. The van der Waals surface area contributed by atoms with Crippen LogP contribution in [-0.4, -0.2) is 31.1 Å². The van der Waals surface area contributed by atoms with Crippen LogP contribution in [0.25, 0.3) is 0 Å². The van der Waals surface area contributed by atoms with Gasteiger partial charge < -0.3 is 0 Å². The van der Waals surface area contributed by atoms with Crippen molar-refractivity contribution in [2.24, 2.45) is 5.92 Å². The predicted octanol–water partition coefficient (Wildman–Crippen LogP) is 2.79. The maximum Gasteiger partial charge on any atom is 0.243 e. The summed E-state index contributed by atoms with van der Waals surface area (Å²) in [6.45, 7) is 3.26. The molecule has 18 heavy (non-hydrogen) atoms. The predicted molar refractivity (Wildman–Crippen MR) is 76.5 cm³/mol. The Hall–Kier alpha value is -0.390. The van der Waals surface area contributed by atoms with Crippen molar-refractivity contribution in [1.29, 1.82) is 0 Å². The third-order valence-corrected chi connectivity index (χ3v) is 5.76. The molecule has 1 saturated heterocycles. The number of hydrogen-bond donors (Lipinski definition) is 0. The van der Waals surface area contributed by atoms with Gasteiger partial charge in [0.05, 0.1) is 4.90 Å². The summed E-state index contributed by atoms with van der Waals surface area (Å²) in [5.74, 6) is 0.490. The van der Waals surface area contributed by atoms with Crippen LogP contribution in [0.4, 0.5) is 0 Å². The van der Waals surface area contributed by atoms with Crippen LogP contribution in [0.15, 0.2) is 29.2 Å². The van der Waals surface area contributed by atoms with Gasteiger partial charge in [-0.25, -0.2) is 8.42 Å². The van der Waals surface area contributed by atoms with Crippen LogP contribution in [0.1, 0.15) is 18.4 Å². The number of rotatable bonds is 4. The lowest BCUT2D eigenvalue weighted by Gasteiger charge is -2.16. The number of aryl methyl sites for hydroxylation is 1. The summed E-state index contributed by atoms with van der Waals surface area (Å²) in [6.07, 6.45) is 2.01. The molecule has 1 aliphatic heterocycles. The molecule has 1 unspecified atom stereocenters. The third-order valence-electron chi connectivity index (χ3n) is 3.42. The van der Waals surface area contributed by atoms with E-state index in [1.54, 1.807) is 16.4 Å². The zero-order valence-electron chi connectivity index (χ0n) is 10.5. The molecule has 0 saturated carbocycles. The molecule has 0 N–H and O–H groups in total. The van der Waals surface area contributed by atoms with Gasteiger partial charge in [0.1, 0.15) is 0 Å². The lowest BCUT2D eigenvalue weighted by atomic mass is 10.1. The first-order valence-corrected chi connectivity index (χ1v) is 8.73. The van der Waals surface area contributed by atoms with Crippen LogP contribution >= 0.6 is 15.9 Å². The van der Waals surface area contributed by atoms with Crippen molar-refractivity contribution in [3.63, 3.8) is 0 Å². The summed E-state index contributed by atoms with van der Waals surface area (Å²) >= 11 is 3.41. The highest BCUT2D eigenvalue weighted by molar-refractivity contribution is 9.09. The Morgan fingerprint density at radius 3 is 2.61 bits per heavy atom. The van der Waals surface area contributed by atoms with Gasteiger partial charge in [-0.15, -0.1) is 0 Å². The highest BCUT2D eigenvalue weighted by Crippen LogP contribution is 2.26. The van der Waals surface area contributed by atoms with Gasteiger partial charge in [-0.2, -0.15) is 4.31 Å². The summed E-state index contributed by atoms with van der Waals surface area (Å²) in [5, 5.41) is 0.941. The standard InChI is InChI=1S/C13H18BrNO2S/c1-11-2-4-13(5-3-11)18(16,17)15-9-7-12(10-15)6-8-14/h2-5,12H,6-10H2,1H3. The smallest absolute Gasteiger partial charge is 0.207 e. The highest BCUT2D eigenvalue weighted by Gasteiger charge is 2.31. The van der Waals surface area contributed by atoms with E-state index in [4.69, 9.17) is 0 Å². The summed E-state index contributed by atoms with van der Waals surface area (Å²) < 4.78 is 26.4. The monoisotopic (exact) mass is 331 g/mol. The molecule has 1 aromatic rings. The molecule has 0 aromatic heterocycles. The van der Waals surface area contributed by atoms with Crippen LogP contribution in [0.2, 0.25) is 0 Å². The topological polar surface area (TPSA) is 37.4 Å². The summed E-state index contributed by atoms with van der Waals surface area (Å²) in [5.41, 5.74) is 1.08. The van der Waals surface area contributed by atoms with Gasteiger partial charge in [0.15, 0.2) is 0 Å². The van der Waals surface area contributed by atoms with Gasteiger partial charge in [-0.3, -0.25) is 0 Å². The first kappa shape index (κ1) is 14.0. The molecular weight excluding hydrogens is 314 g/mol. The molecule has 0 spiro atoms. The highest BCUT2D eigenvalue weighted by atomic mass is 79.9. The molecule has 0 aliphatic carbocycles. The van der Waals surface area contributed by atoms with E-state index in [0.29, 0.717) is 23.9 Å². The maximum atomic E-state index is 12.4. The van der Waals surface area contributed by atoms with E-state index in [1.165, 1.54) is 0 Å². The zero-order valence-corrected chi connectivity index (χ0v) is 12.9. The van der Waals surface area contributed by atoms with Crippen molar-refractivity contribution in [3.8, 4) is 0 Å². The van der Waals surface area contributed by atoms with E-state index in [9.17, 15) is 8.42 Å². The van der Waals surface area contributed by atoms with Crippen LogP contribution in [0.5, 0.6) is 0 Å². The SMILES string of the molecule is Cc1ccc(S(=O)(=O)N2CCC(CCBr)C2)cc1. The van der Waals surface area contributed by atoms with Gasteiger partial charge in [-0.1, -0.05) is 33.6 Å². The van der Waals surface area contributed by atoms with Crippen LogP contribution in [0, 0.1) is 12.8 Å². The lowest BCUT2D eigenvalue weighted by molar-refractivity contribution is 0.454. The molecule has 1 aliphatic rings. The Morgan fingerprint density at radius 2 is 2.00 bits per heavy atom. The average molecular weight is 332 g/mol. The Labute approximate surface area is 117 Å². The van der Waals surface area contributed by atoms with Crippen LogP contribution < -0.4 is 0 Å². The van der Waals surface area contributed by atoms with E-state index in [1.807, 2.05) is 19.1 Å². The van der Waals surface area contributed by atoms with Gasteiger partial charge >= 0.3 is 0 Å².